The predicted octanol–water partition coefficient (Wildman–Crippen LogP) is -3.25. The first-order valence-corrected chi connectivity index (χ1v) is 2.23. The Labute approximate surface area is 101 Å². The summed E-state index contributed by atoms with van der Waals surface area (Å²) < 4.78 is 28.8. The molecule has 0 N–H and O–H groups in total. The van der Waals surface area contributed by atoms with E-state index < -0.39 is 6.68 Å². The maximum atomic E-state index is 9.58. The van der Waals surface area contributed by atoms with E-state index in [2.05, 4.69) is 0 Å². The largest absolute Gasteiger partial charge is 4.00 e. The minimum atomic E-state index is -3.08. The van der Waals surface area contributed by atoms with E-state index in [4.69, 9.17) is 0 Å². The fraction of sp³-hybridized carbons (Fsp3) is 0. The van der Waals surface area contributed by atoms with E-state index in [0.29, 0.717) is 0 Å². The quantitative estimate of drug-likeness (QED) is 0.441. The van der Waals surface area contributed by atoms with Crippen LogP contribution in [0.2, 0.25) is 0 Å². The summed E-state index contributed by atoms with van der Waals surface area (Å²) in [4.78, 5) is 0. The van der Waals surface area contributed by atoms with E-state index >= 15 is 0 Å². The summed E-state index contributed by atoms with van der Waals surface area (Å²) in [5.41, 5.74) is 0. The molecule has 0 spiro atoms. The minimum absolute atomic E-state index is 0. The van der Waals surface area contributed by atoms with Crippen molar-refractivity contribution in [1.82, 2.24) is 0 Å². The zero-order valence-electron chi connectivity index (χ0n) is 5.78. The third kappa shape index (κ3) is 31.1. The Balaban J connectivity index is -0.0000000436. The van der Waals surface area contributed by atoms with Gasteiger partial charge in [0.25, 0.3) is 0 Å². The second-order valence-corrected chi connectivity index (χ2v) is 1.18. The Morgan fingerprint density at radius 3 is 1.25 bits per heavy atom. The second-order valence-electron chi connectivity index (χ2n) is 1.18. The molecule has 0 heterocycles. The summed E-state index contributed by atoms with van der Waals surface area (Å²) in [5, 5.41) is 0. The first-order chi connectivity index (χ1) is 4.23. The van der Waals surface area contributed by atoms with Crippen molar-refractivity contribution in [2.45, 2.75) is 0 Å². The number of hydrogen-bond donors (Lipinski definition) is 0. The molecule has 0 aliphatic heterocycles. The third-order valence-corrected chi connectivity index (χ3v) is 0.556. The van der Waals surface area contributed by atoms with Crippen molar-refractivity contribution >= 4 is 0 Å². The van der Waals surface area contributed by atoms with Gasteiger partial charge in [0, 0.05) is 0 Å². The molecule has 0 unspecified atom stereocenters. The molecular formula is C6H5Cl2F3Zr. The maximum Gasteiger partial charge on any atom is 4.00 e. The van der Waals surface area contributed by atoms with Crippen molar-refractivity contribution in [2.24, 2.45) is 0 Å². The summed E-state index contributed by atoms with van der Waals surface area (Å²) in [7, 11) is 0. The molecule has 12 heavy (non-hydrogen) atoms. The van der Waals surface area contributed by atoms with Crippen molar-refractivity contribution in [3.63, 3.8) is 0 Å². The molecule has 6 heteroatoms. The van der Waals surface area contributed by atoms with E-state index in [1.807, 2.05) is 30.3 Å². The summed E-state index contributed by atoms with van der Waals surface area (Å²) >= 11 is 0. The standard InChI is InChI=1S/C5H5.CF3.2ClH.Zr/c1-2-4-5-3-1;2-1(3)4;;;/h1-5H;;2*1H;/q2*-1;;;+4/p-2. The van der Waals surface area contributed by atoms with Gasteiger partial charge in [-0.25, -0.2) is 12.1 Å². The molecule has 1 rings (SSSR count). The van der Waals surface area contributed by atoms with Crippen LogP contribution in [0.4, 0.5) is 13.2 Å². The van der Waals surface area contributed by atoms with Crippen LogP contribution in [0.15, 0.2) is 30.3 Å². The summed E-state index contributed by atoms with van der Waals surface area (Å²) in [6.07, 6.45) is 0. The van der Waals surface area contributed by atoms with Gasteiger partial charge in [0.15, 0.2) is 6.68 Å². The number of halogens is 5. The monoisotopic (exact) mass is 294 g/mol. The van der Waals surface area contributed by atoms with Gasteiger partial charge in [-0.2, -0.15) is 18.2 Å². The number of hydrogen-bond acceptors (Lipinski definition) is 0. The van der Waals surface area contributed by atoms with Crippen molar-refractivity contribution in [3.8, 4) is 0 Å². The predicted molar refractivity (Wildman–Crippen MR) is 28.6 cm³/mol. The van der Waals surface area contributed by atoms with Gasteiger partial charge < -0.3 is 38.0 Å². The van der Waals surface area contributed by atoms with Gasteiger partial charge in [0.1, 0.15) is 0 Å². The van der Waals surface area contributed by atoms with Crippen LogP contribution >= 0.6 is 0 Å². The van der Waals surface area contributed by atoms with Gasteiger partial charge in [-0.3, -0.25) is 0 Å². The molecule has 0 saturated heterocycles. The van der Waals surface area contributed by atoms with Crippen molar-refractivity contribution in [1.29, 1.82) is 0 Å². The molecule has 0 fully saturated rings. The van der Waals surface area contributed by atoms with E-state index in [-0.39, 0.29) is 51.0 Å². The fourth-order valence-corrected chi connectivity index (χ4v) is 0.321. The van der Waals surface area contributed by atoms with E-state index in [1.54, 1.807) is 0 Å². The SMILES string of the molecule is F[C-](F)F.[Cl-].[Cl-].[Zr+4].c1cc[cH-]c1. The smallest absolute Gasteiger partial charge is 1.00 e. The molecule has 68 valence electrons. The average Bonchev–Trinajstić information content (AvgIpc) is 2.11. The summed E-state index contributed by atoms with van der Waals surface area (Å²) in [6, 6.07) is 10.0. The van der Waals surface area contributed by atoms with Crippen molar-refractivity contribution < 1.29 is 64.2 Å². The van der Waals surface area contributed by atoms with Gasteiger partial charge in [-0.15, -0.1) is 0 Å². The molecule has 0 nitrogen and oxygen atoms in total. The van der Waals surface area contributed by atoms with Crippen molar-refractivity contribution in [2.75, 3.05) is 0 Å². The Kier molecular flexibility index (Phi) is 33.7. The van der Waals surface area contributed by atoms with E-state index in [9.17, 15) is 13.2 Å². The van der Waals surface area contributed by atoms with Crippen LogP contribution in [0.3, 0.4) is 0 Å². The maximum absolute atomic E-state index is 9.58. The summed E-state index contributed by atoms with van der Waals surface area (Å²) in [6.45, 7) is -3.08. The molecule has 0 bridgehead atoms. The van der Waals surface area contributed by atoms with Crippen LogP contribution < -0.4 is 24.8 Å². The molecule has 1 aromatic rings. The Morgan fingerprint density at radius 2 is 1.17 bits per heavy atom. The zero-order valence-corrected chi connectivity index (χ0v) is 9.75. The molecule has 0 aromatic heterocycles. The van der Waals surface area contributed by atoms with Crippen LogP contribution in [-0.2, 0) is 26.2 Å². The van der Waals surface area contributed by atoms with Crippen LogP contribution in [0.5, 0.6) is 0 Å². The Hall–Kier alpha value is 0.603. The van der Waals surface area contributed by atoms with Crippen molar-refractivity contribution in [3.05, 3.63) is 37.0 Å². The third-order valence-electron chi connectivity index (χ3n) is 0.556. The van der Waals surface area contributed by atoms with Gasteiger partial charge in [0.2, 0.25) is 0 Å². The van der Waals surface area contributed by atoms with Gasteiger partial charge in [-0.05, 0) is 0 Å². The molecule has 0 radical (unpaired) electrons. The molecule has 1 aromatic carbocycles. The molecule has 0 atom stereocenters. The first-order valence-electron chi connectivity index (χ1n) is 2.23. The molecule has 0 amide bonds. The Bertz CT molecular complexity index is 104. The van der Waals surface area contributed by atoms with Gasteiger partial charge in [-0.1, -0.05) is 0 Å². The second kappa shape index (κ2) is 17.6. The van der Waals surface area contributed by atoms with Gasteiger partial charge >= 0.3 is 26.2 Å². The van der Waals surface area contributed by atoms with E-state index in [0.717, 1.165) is 0 Å². The molecule has 0 saturated carbocycles. The minimum Gasteiger partial charge on any atom is -1.00 e. The van der Waals surface area contributed by atoms with Gasteiger partial charge in [0.05, 0.1) is 0 Å². The Morgan fingerprint density at radius 1 is 0.917 bits per heavy atom. The average molecular weight is 296 g/mol. The van der Waals surface area contributed by atoms with Crippen LogP contribution in [0.25, 0.3) is 0 Å². The van der Waals surface area contributed by atoms with Crippen LogP contribution in [0, 0.1) is 6.68 Å². The summed E-state index contributed by atoms with van der Waals surface area (Å²) in [5.74, 6) is 0. The molecular weight excluding hydrogens is 291 g/mol. The fourth-order valence-electron chi connectivity index (χ4n) is 0.321. The first kappa shape index (κ1) is 22.9. The number of rotatable bonds is 0. The molecule has 0 aliphatic rings. The topological polar surface area (TPSA) is 0 Å². The molecule has 0 aliphatic carbocycles. The van der Waals surface area contributed by atoms with Crippen LogP contribution in [-0.4, -0.2) is 0 Å². The normalized spacial score (nSPS) is 6.33. The van der Waals surface area contributed by atoms with Crippen LogP contribution in [0.1, 0.15) is 0 Å². The zero-order chi connectivity index (χ0) is 7.11. The van der Waals surface area contributed by atoms with E-state index in [1.165, 1.54) is 0 Å².